The molecule has 1 fully saturated rings. The van der Waals surface area contributed by atoms with Gasteiger partial charge in [-0.15, -0.1) is 0 Å². The van der Waals surface area contributed by atoms with Crippen molar-refractivity contribution in [1.82, 2.24) is 5.32 Å². The third-order valence-corrected chi connectivity index (χ3v) is 2.94. The molecule has 0 aromatic heterocycles. The van der Waals surface area contributed by atoms with E-state index in [0.29, 0.717) is 24.6 Å². The van der Waals surface area contributed by atoms with E-state index in [9.17, 15) is 23.3 Å². The SMILES string of the molecule is O=[N+]([O-])c1cc(C2CCCN2)cc(C(F)(F)F)c1. The van der Waals surface area contributed by atoms with E-state index in [-0.39, 0.29) is 6.04 Å². The minimum atomic E-state index is -4.57. The fourth-order valence-electron chi connectivity index (χ4n) is 2.07. The number of nitrogens with one attached hydrogen (secondary N) is 1. The van der Waals surface area contributed by atoms with Crippen molar-refractivity contribution < 1.29 is 18.1 Å². The van der Waals surface area contributed by atoms with E-state index < -0.39 is 22.4 Å². The zero-order valence-electron chi connectivity index (χ0n) is 9.33. The third-order valence-electron chi connectivity index (χ3n) is 2.94. The molecule has 1 saturated heterocycles. The quantitative estimate of drug-likeness (QED) is 0.656. The highest BCUT2D eigenvalue weighted by atomic mass is 19.4. The van der Waals surface area contributed by atoms with Gasteiger partial charge < -0.3 is 5.32 Å². The average Bonchev–Trinajstić information content (AvgIpc) is 2.80. The van der Waals surface area contributed by atoms with Crippen molar-refractivity contribution in [2.75, 3.05) is 6.54 Å². The molecule has 0 radical (unpaired) electrons. The van der Waals surface area contributed by atoms with Gasteiger partial charge in [0.1, 0.15) is 0 Å². The van der Waals surface area contributed by atoms with Gasteiger partial charge in [0.15, 0.2) is 0 Å². The van der Waals surface area contributed by atoms with Crippen LogP contribution in [0.4, 0.5) is 18.9 Å². The van der Waals surface area contributed by atoms with Crippen molar-refractivity contribution in [2.24, 2.45) is 0 Å². The minimum absolute atomic E-state index is 0.231. The number of alkyl halides is 3. The average molecular weight is 260 g/mol. The summed E-state index contributed by atoms with van der Waals surface area (Å²) < 4.78 is 38.0. The largest absolute Gasteiger partial charge is 0.416 e. The zero-order valence-corrected chi connectivity index (χ0v) is 9.33. The standard InChI is InChI=1S/C11H11F3N2O2/c12-11(13,14)8-4-7(10-2-1-3-15-10)5-9(6-8)16(17)18/h4-6,10,15H,1-3H2. The molecule has 1 atom stereocenters. The number of hydrogen-bond donors (Lipinski definition) is 1. The lowest BCUT2D eigenvalue weighted by Crippen LogP contribution is -2.15. The summed E-state index contributed by atoms with van der Waals surface area (Å²) in [4.78, 5) is 9.87. The Morgan fingerprint density at radius 1 is 1.33 bits per heavy atom. The molecule has 4 nitrogen and oxygen atoms in total. The Bertz CT molecular complexity index is 468. The topological polar surface area (TPSA) is 55.2 Å². The van der Waals surface area contributed by atoms with Gasteiger partial charge in [0.05, 0.1) is 10.5 Å². The van der Waals surface area contributed by atoms with Gasteiger partial charge in [-0.25, -0.2) is 0 Å². The number of nitrogens with zero attached hydrogens (tertiary/aromatic N) is 1. The van der Waals surface area contributed by atoms with Gasteiger partial charge in [-0.3, -0.25) is 10.1 Å². The summed E-state index contributed by atoms with van der Waals surface area (Å²) in [5, 5.41) is 13.7. The van der Waals surface area contributed by atoms with Crippen molar-refractivity contribution in [3.63, 3.8) is 0 Å². The number of nitro benzene ring substituents is 1. The van der Waals surface area contributed by atoms with Crippen molar-refractivity contribution in [3.8, 4) is 0 Å². The van der Waals surface area contributed by atoms with Gasteiger partial charge in [-0.2, -0.15) is 13.2 Å². The maximum absolute atomic E-state index is 12.7. The second kappa shape index (κ2) is 4.56. The zero-order chi connectivity index (χ0) is 13.3. The summed E-state index contributed by atoms with van der Waals surface area (Å²) in [7, 11) is 0. The van der Waals surface area contributed by atoms with Crippen molar-refractivity contribution in [1.29, 1.82) is 0 Å². The van der Waals surface area contributed by atoms with E-state index in [4.69, 9.17) is 0 Å². The lowest BCUT2D eigenvalue weighted by molar-refractivity contribution is -0.385. The number of non-ortho nitro benzene ring substituents is 1. The Kier molecular flexibility index (Phi) is 3.25. The Morgan fingerprint density at radius 2 is 2.06 bits per heavy atom. The molecule has 0 saturated carbocycles. The first-order valence-corrected chi connectivity index (χ1v) is 5.48. The molecule has 0 amide bonds. The second-order valence-electron chi connectivity index (χ2n) is 4.22. The summed E-state index contributed by atoms with van der Waals surface area (Å²) in [5.41, 5.74) is -1.16. The molecule has 18 heavy (non-hydrogen) atoms. The number of halogens is 3. The van der Waals surface area contributed by atoms with Crippen LogP contribution in [-0.2, 0) is 6.18 Å². The van der Waals surface area contributed by atoms with Crippen LogP contribution in [0.3, 0.4) is 0 Å². The van der Waals surface area contributed by atoms with E-state index in [1.165, 1.54) is 6.07 Å². The van der Waals surface area contributed by atoms with E-state index in [1.54, 1.807) is 0 Å². The predicted octanol–water partition coefficient (Wildman–Crippen LogP) is 3.04. The molecule has 1 aromatic carbocycles. The summed E-state index contributed by atoms with van der Waals surface area (Å²) in [5.74, 6) is 0. The van der Waals surface area contributed by atoms with Gasteiger partial charge >= 0.3 is 6.18 Å². The molecule has 1 heterocycles. The Hall–Kier alpha value is -1.63. The van der Waals surface area contributed by atoms with Crippen LogP contribution in [-0.4, -0.2) is 11.5 Å². The van der Waals surface area contributed by atoms with Crippen LogP contribution in [0.5, 0.6) is 0 Å². The molecule has 7 heteroatoms. The lowest BCUT2D eigenvalue weighted by Gasteiger charge is -2.13. The van der Waals surface area contributed by atoms with Crippen molar-refractivity contribution in [2.45, 2.75) is 25.1 Å². The smallest absolute Gasteiger partial charge is 0.310 e. The Morgan fingerprint density at radius 3 is 2.56 bits per heavy atom. The highest BCUT2D eigenvalue weighted by Crippen LogP contribution is 2.35. The molecular formula is C11H11F3N2O2. The molecule has 1 aliphatic rings. The maximum atomic E-state index is 12.7. The fraction of sp³-hybridized carbons (Fsp3) is 0.455. The van der Waals surface area contributed by atoms with Gasteiger partial charge in [0.25, 0.3) is 5.69 Å². The normalized spacial score (nSPS) is 20.1. The second-order valence-corrected chi connectivity index (χ2v) is 4.22. The lowest BCUT2D eigenvalue weighted by atomic mass is 10.0. The molecule has 2 rings (SSSR count). The number of rotatable bonds is 2. The summed E-state index contributed by atoms with van der Waals surface area (Å²) >= 11 is 0. The minimum Gasteiger partial charge on any atom is -0.310 e. The first-order chi connectivity index (χ1) is 8.38. The Labute approximate surface area is 101 Å². The predicted molar refractivity (Wildman–Crippen MR) is 58.1 cm³/mol. The molecule has 0 spiro atoms. The fourth-order valence-corrected chi connectivity index (χ4v) is 2.07. The Balaban J connectivity index is 2.45. The monoisotopic (exact) mass is 260 g/mol. The van der Waals surface area contributed by atoms with E-state index in [0.717, 1.165) is 12.5 Å². The summed E-state index contributed by atoms with van der Waals surface area (Å²) in [6, 6.07) is 2.53. The van der Waals surface area contributed by atoms with Gasteiger partial charge in [-0.1, -0.05) is 0 Å². The van der Waals surface area contributed by atoms with E-state index in [2.05, 4.69) is 5.32 Å². The van der Waals surface area contributed by atoms with E-state index in [1.807, 2.05) is 0 Å². The van der Waals surface area contributed by atoms with Crippen LogP contribution in [0.25, 0.3) is 0 Å². The van der Waals surface area contributed by atoms with Gasteiger partial charge in [-0.05, 0) is 31.0 Å². The first kappa shape index (κ1) is 12.8. The molecule has 1 aliphatic heterocycles. The molecule has 1 unspecified atom stereocenters. The molecule has 1 aromatic rings. The van der Waals surface area contributed by atoms with Crippen LogP contribution in [0, 0.1) is 10.1 Å². The van der Waals surface area contributed by atoms with Crippen LogP contribution in [0.2, 0.25) is 0 Å². The highest BCUT2D eigenvalue weighted by Gasteiger charge is 2.33. The third kappa shape index (κ3) is 2.61. The summed E-state index contributed by atoms with van der Waals surface area (Å²) in [6.07, 6.45) is -3.02. The highest BCUT2D eigenvalue weighted by molar-refractivity contribution is 5.42. The molecule has 1 N–H and O–H groups in total. The summed E-state index contributed by atoms with van der Waals surface area (Å²) in [6.45, 7) is 0.717. The van der Waals surface area contributed by atoms with Crippen molar-refractivity contribution >= 4 is 5.69 Å². The number of benzene rings is 1. The molecule has 0 bridgehead atoms. The maximum Gasteiger partial charge on any atom is 0.416 e. The number of nitro groups is 1. The van der Waals surface area contributed by atoms with Crippen LogP contribution in [0.1, 0.15) is 30.0 Å². The van der Waals surface area contributed by atoms with E-state index >= 15 is 0 Å². The number of hydrogen-bond acceptors (Lipinski definition) is 3. The van der Waals surface area contributed by atoms with Gasteiger partial charge in [0, 0.05) is 18.2 Å². The first-order valence-electron chi connectivity index (χ1n) is 5.48. The van der Waals surface area contributed by atoms with Crippen LogP contribution in [0.15, 0.2) is 18.2 Å². The molecule has 0 aliphatic carbocycles. The van der Waals surface area contributed by atoms with Gasteiger partial charge in [0.2, 0.25) is 0 Å². The van der Waals surface area contributed by atoms with Crippen LogP contribution < -0.4 is 5.32 Å². The molecule has 98 valence electrons. The van der Waals surface area contributed by atoms with Crippen molar-refractivity contribution in [3.05, 3.63) is 39.4 Å². The van der Waals surface area contributed by atoms with Crippen LogP contribution >= 0.6 is 0 Å². The molecular weight excluding hydrogens is 249 g/mol.